The third-order valence-electron chi connectivity index (χ3n) is 10.1. The molecular formula is C40H61N13O10. The third-order valence-corrected chi connectivity index (χ3v) is 10.1. The molecule has 0 saturated carbocycles. The smallest absolute Gasteiger partial charge is 0.325 e. The van der Waals surface area contributed by atoms with E-state index in [0.717, 1.165) is 0 Å². The highest BCUT2D eigenvalue weighted by Crippen LogP contribution is 2.20. The van der Waals surface area contributed by atoms with Crippen LogP contribution in [0.1, 0.15) is 64.6 Å². The Labute approximate surface area is 364 Å². The lowest BCUT2D eigenvalue weighted by Gasteiger charge is -2.30. The van der Waals surface area contributed by atoms with Crippen LogP contribution in [-0.4, -0.2) is 147 Å². The molecule has 1 aromatic carbocycles. The SMILES string of the molecule is CNCC(=O)N[C@@H](CCCN=C(N)N)C(=O)N[C@H](C(=O)N[C@@H](Cc1ccc(O)cc1)C(=O)NC(C)C(=O)N[C@@H](Cc1cnc[nH]1)C(=O)N1CCC[C@H]1C(=O)N[C@@H](C)C(=O)O)C(C)C. The fourth-order valence-electron chi connectivity index (χ4n) is 6.67. The van der Waals surface area contributed by atoms with Crippen LogP contribution in [0.25, 0.3) is 0 Å². The maximum absolute atomic E-state index is 14.0. The Hall–Kier alpha value is -6.78. The number of amides is 7. The molecule has 2 heterocycles. The Morgan fingerprint density at radius 1 is 0.841 bits per heavy atom. The summed E-state index contributed by atoms with van der Waals surface area (Å²) in [6, 6.07) is -2.45. The van der Waals surface area contributed by atoms with Gasteiger partial charge in [-0.1, -0.05) is 26.0 Å². The van der Waals surface area contributed by atoms with Crippen LogP contribution in [0.3, 0.4) is 0 Å². The summed E-state index contributed by atoms with van der Waals surface area (Å²) < 4.78 is 0. The number of phenolic OH excluding ortho intramolecular Hbond substituents is 1. The highest BCUT2D eigenvalue weighted by molar-refractivity contribution is 5.97. The second kappa shape index (κ2) is 24.6. The number of imidazole rings is 1. The Kier molecular flexibility index (Phi) is 19.8. The van der Waals surface area contributed by atoms with Gasteiger partial charge in [-0.3, -0.25) is 43.3 Å². The van der Waals surface area contributed by atoms with Gasteiger partial charge < -0.3 is 68.8 Å². The van der Waals surface area contributed by atoms with Crippen LogP contribution in [0, 0.1) is 5.92 Å². The van der Waals surface area contributed by atoms with E-state index in [0.29, 0.717) is 24.1 Å². The number of guanidine groups is 1. The largest absolute Gasteiger partial charge is 0.508 e. The molecule has 0 spiro atoms. The molecule has 1 unspecified atom stereocenters. The molecule has 7 atom stereocenters. The fourth-order valence-corrected chi connectivity index (χ4v) is 6.67. The first kappa shape index (κ1) is 50.6. The van der Waals surface area contributed by atoms with Crippen LogP contribution < -0.4 is 48.7 Å². The molecule has 1 aliphatic heterocycles. The van der Waals surface area contributed by atoms with Gasteiger partial charge in [0, 0.05) is 37.8 Å². The summed E-state index contributed by atoms with van der Waals surface area (Å²) in [7, 11) is 1.56. The number of H-pyrrole nitrogens is 1. The van der Waals surface area contributed by atoms with Crippen molar-refractivity contribution in [3.05, 3.63) is 48.0 Å². The molecule has 2 aromatic rings. The lowest BCUT2D eigenvalue weighted by molar-refractivity contribution is -0.144. The Morgan fingerprint density at radius 2 is 1.51 bits per heavy atom. The first-order chi connectivity index (χ1) is 29.8. The van der Waals surface area contributed by atoms with Crippen molar-refractivity contribution in [3.63, 3.8) is 0 Å². The van der Waals surface area contributed by atoms with Crippen molar-refractivity contribution < 1.29 is 48.6 Å². The van der Waals surface area contributed by atoms with Crippen molar-refractivity contribution in [2.75, 3.05) is 26.7 Å². The molecule has 0 radical (unpaired) electrons. The van der Waals surface area contributed by atoms with E-state index < -0.39 is 95.5 Å². The number of likely N-dealkylation sites (N-methyl/N-ethyl adjacent to an activating group) is 1. The van der Waals surface area contributed by atoms with Gasteiger partial charge in [-0.15, -0.1) is 0 Å². The van der Waals surface area contributed by atoms with Gasteiger partial charge in [0.2, 0.25) is 41.4 Å². The fraction of sp³-hybridized carbons (Fsp3) is 0.550. The molecule has 0 aliphatic carbocycles. The average Bonchev–Trinajstić information content (AvgIpc) is 3.94. The molecule has 1 saturated heterocycles. The van der Waals surface area contributed by atoms with E-state index in [4.69, 9.17) is 11.5 Å². The van der Waals surface area contributed by atoms with Gasteiger partial charge in [-0.25, -0.2) is 4.98 Å². The van der Waals surface area contributed by atoms with Gasteiger partial charge in [-0.05, 0) is 70.2 Å². The van der Waals surface area contributed by atoms with E-state index in [2.05, 4.69) is 52.2 Å². The number of likely N-dealkylation sites (tertiary alicyclic amines) is 1. The highest BCUT2D eigenvalue weighted by Gasteiger charge is 2.39. The van der Waals surface area contributed by atoms with Crippen LogP contribution in [0.4, 0.5) is 0 Å². The third kappa shape index (κ3) is 16.2. The predicted octanol–water partition coefficient (Wildman–Crippen LogP) is -3.15. The molecule has 0 bridgehead atoms. The Morgan fingerprint density at radius 3 is 2.11 bits per heavy atom. The zero-order chi connectivity index (χ0) is 46.8. The van der Waals surface area contributed by atoms with Crippen molar-refractivity contribution in [2.24, 2.45) is 22.4 Å². The first-order valence-corrected chi connectivity index (χ1v) is 20.6. The van der Waals surface area contributed by atoms with Gasteiger partial charge in [-0.2, -0.15) is 0 Å². The summed E-state index contributed by atoms with van der Waals surface area (Å²) in [5, 5.41) is 37.5. The first-order valence-electron chi connectivity index (χ1n) is 20.6. The Balaban J connectivity index is 1.82. The lowest BCUT2D eigenvalue weighted by Crippen LogP contribution is -2.60. The summed E-state index contributed by atoms with van der Waals surface area (Å²) >= 11 is 0. The maximum atomic E-state index is 14.0. The molecule has 346 valence electrons. The van der Waals surface area contributed by atoms with Crippen molar-refractivity contribution in [3.8, 4) is 5.75 Å². The number of hydrogen-bond donors (Lipinski definition) is 12. The molecule has 3 rings (SSSR count). The quantitative estimate of drug-likeness (QED) is 0.0282. The number of aromatic nitrogens is 2. The highest BCUT2D eigenvalue weighted by atomic mass is 16.4. The Bertz CT molecular complexity index is 1920. The minimum absolute atomic E-state index is 0.0405. The van der Waals surface area contributed by atoms with Gasteiger partial charge in [0.1, 0.15) is 48.0 Å². The molecule has 1 fully saturated rings. The van der Waals surface area contributed by atoms with Crippen LogP contribution >= 0.6 is 0 Å². The maximum Gasteiger partial charge on any atom is 0.325 e. The van der Waals surface area contributed by atoms with Gasteiger partial charge in [0.15, 0.2) is 5.96 Å². The number of rotatable bonds is 24. The minimum Gasteiger partial charge on any atom is -0.508 e. The number of aliphatic carboxylic acids is 1. The van der Waals surface area contributed by atoms with E-state index in [1.165, 1.54) is 43.4 Å². The normalized spacial score (nSPS) is 16.3. The van der Waals surface area contributed by atoms with Crippen LogP contribution in [0.2, 0.25) is 0 Å². The molecule has 14 N–H and O–H groups in total. The molecule has 23 nitrogen and oxygen atoms in total. The number of carbonyl (C=O) groups excluding carboxylic acids is 7. The van der Waals surface area contributed by atoms with Crippen molar-refractivity contribution >= 4 is 53.3 Å². The van der Waals surface area contributed by atoms with E-state index in [-0.39, 0.29) is 57.0 Å². The van der Waals surface area contributed by atoms with E-state index in [9.17, 15) is 48.6 Å². The van der Waals surface area contributed by atoms with Gasteiger partial charge >= 0.3 is 5.97 Å². The standard InChI is InChI=1S/C40H61N13O10/c1-21(2)32(52-34(57)27(49-31(55)19-43-5)8-6-14-45-40(41)42)37(60)50-28(16-24-10-12-26(54)13-11-24)35(58)47-22(3)33(56)51-29(17-25-18-44-20-46-25)38(61)53-15-7-9-30(53)36(59)48-23(4)39(62)63/h10-13,18,20-23,27-30,32,43,54H,6-9,14-17,19H2,1-5H3,(H,44,46)(H,47,58)(H,48,59)(H,49,55)(H,50,60)(H,51,56)(H,52,57)(H,62,63)(H4,41,42,45)/t22?,23-,27-,28-,29-,30-,32-/m0/s1. The summed E-state index contributed by atoms with van der Waals surface area (Å²) in [5.41, 5.74) is 11.8. The second-order valence-corrected chi connectivity index (χ2v) is 15.6. The van der Waals surface area contributed by atoms with Crippen molar-refractivity contribution in [1.29, 1.82) is 0 Å². The van der Waals surface area contributed by atoms with Gasteiger partial charge in [0.05, 0.1) is 12.9 Å². The zero-order valence-corrected chi connectivity index (χ0v) is 36.1. The number of nitrogens with two attached hydrogens (primary N) is 2. The topological polar surface area (TPSA) is 358 Å². The summed E-state index contributed by atoms with van der Waals surface area (Å²) in [6.07, 6.45) is 3.83. The van der Waals surface area contributed by atoms with Crippen molar-refractivity contribution in [1.82, 2.24) is 52.1 Å². The number of benzene rings is 1. The van der Waals surface area contributed by atoms with Crippen LogP contribution in [-0.2, 0) is 51.2 Å². The molecular weight excluding hydrogens is 823 g/mol. The second-order valence-electron chi connectivity index (χ2n) is 15.6. The molecule has 1 aromatic heterocycles. The number of hydrogen-bond acceptors (Lipinski definition) is 12. The molecule has 1 aliphatic rings. The summed E-state index contributed by atoms with van der Waals surface area (Å²) in [6.45, 7) is 6.29. The number of aromatic hydroxyl groups is 1. The van der Waals surface area contributed by atoms with Crippen LogP contribution in [0.5, 0.6) is 5.75 Å². The van der Waals surface area contributed by atoms with E-state index in [1.807, 2.05) is 0 Å². The number of phenols is 1. The number of aliphatic imine (C=N–C) groups is 1. The number of carbonyl (C=O) groups is 8. The summed E-state index contributed by atoms with van der Waals surface area (Å²) in [4.78, 5) is 118. The lowest BCUT2D eigenvalue weighted by atomic mass is 10.00. The number of aromatic amines is 1. The number of carboxylic acid groups (broad SMARTS) is 1. The molecule has 7 amide bonds. The average molecular weight is 884 g/mol. The molecule has 23 heteroatoms. The zero-order valence-electron chi connectivity index (χ0n) is 36.1. The van der Waals surface area contributed by atoms with Crippen LogP contribution in [0.15, 0.2) is 41.8 Å². The number of nitrogens with one attached hydrogen (secondary N) is 8. The minimum atomic E-state index is -1.33. The number of nitrogens with zero attached hydrogens (tertiary/aromatic N) is 3. The summed E-state index contributed by atoms with van der Waals surface area (Å²) in [5.74, 6) is -6.68. The van der Waals surface area contributed by atoms with Gasteiger partial charge in [0.25, 0.3) is 0 Å². The number of carboxylic acids is 1. The molecule has 63 heavy (non-hydrogen) atoms. The predicted molar refractivity (Wildman–Crippen MR) is 228 cm³/mol. The van der Waals surface area contributed by atoms with Crippen molar-refractivity contribution in [2.45, 2.75) is 109 Å². The van der Waals surface area contributed by atoms with E-state index >= 15 is 0 Å². The van der Waals surface area contributed by atoms with E-state index in [1.54, 1.807) is 33.0 Å². The monoisotopic (exact) mass is 883 g/mol.